The van der Waals surface area contributed by atoms with Crippen LogP contribution in [0.2, 0.25) is 0 Å². The Morgan fingerprint density at radius 2 is 1.74 bits per heavy atom. The summed E-state index contributed by atoms with van der Waals surface area (Å²) in [4.78, 5) is 28.1. The van der Waals surface area contributed by atoms with E-state index in [1.165, 1.54) is 17.3 Å². The molecule has 2 rings (SSSR count). The van der Waals surface area contributed by atoms with Crippen LogP contribution in [-0.2, 0) is 16.1 Å². The largest absolute Gasteiger partial charge is 0.354 e. The summed E-state index contributed by atoms with van der Waals surface area (Å²) in [5, 5.41) is 2.89. The highest BCUT2D eigenvalue weighted by Gasteiger charge is 2.25. The van der Waals surface area contributed by atoms with Crippen molar-refractivity contribution < 1.29 is 9.59 Å². The fourth-order valence-corrected chi connectivity index (χ4v) is 3.41. The minimum absolute atomic E-state index is 0.0384. The van der Waals surface area contributed by atoms with E-state index < -0.39 is 6.04 Å². The maximum atomic E-state index is 12.9. The molecule has 0 bridgehead atoms. The zero-order valence-electron chi connectivity index (χ0n) is 16.3. The fourth-order valence-electron chi connectivity index (χ4n) is 2.62. The van der Waals surface area contributed by atoms with Crippen LogP contribution in [0, 0.1) is 6.92 Å². The smallest absolute Gasteiger partial charge is 0.242 e. The van der Waals surface area contributed by atoms with Crippen molar-refractivity contribution in [3.63, 3.8) is 0 Å². The van der Waals surface area contributed by atoms with Crippen LogP contribution in [0.4, 0.5) is 0 Å². The molecular formula is C22H28N2O2S. The van der Waals surface area contributed by atoms with E-state index >= 15 is 0 Å². The van der Waals surface area contributed by atoms with Gasteiger partial charge in [0, 0.05) is 18.0 Å². The molecule has 0 aliphatic heterocycles. The van der Waals surface area contributed by atoms with Crippen molar-refractivity contribution in [2.24, 2.45) is 0 Å². The molecular weight excluding hydrogens is 356 g/mol. The van der Waals surface area contributed by atoms with E-state index in [9.17, 15) is 9.59 Å². The van der Waals surface area contributed by atoms with Crippen LogP contribution in [0.15, 0.2) is 59.5 Å². The van der Waals surface area contributed by atoms with Crippen LogP contribution in [0.1, 0.15) is 31.4 Å². The number of nitrogens with zero attached hydrogens (tertiary/aromatic N) is 1. The Hall–Kier alpha value is -2.27. The number of amides is 2. The van der Waals surface area contributed by atoms with Crippen LogP contribution in [0.5, 0.6) is 0 Å². The number of hydrogen-bond acceptors (Lipinski definition) is 3. The molecule has 144 valence electrons. The highest BCUT2D eigenvalue weighted by Crippen LogP contribution is 2.20. The second-order valence-electron chi connectivity index (χ2n) is 6.58. The Morgan fingerprint density at radius 1 is 1.07 bits per heavy atom. The van der Waals surface area contributed by atoms with Crippen LogP contribution < -0.4 is 5.32 Å². The average molecular weight is 385 g/mol. The third kappa shape index (κ3) is 6.75. The molecule has 0 aromatic heterocycles. The SMILES string of the molecule is CCCNC(=O)[C@H](C)N(Cc1ccccc1)C(=O)CSc1ccc(C)cc1. The minimum Gasteiger partial charge on any atom is -0.354 e. The van der Waals surface area contributed by atoms with Crippen molar-refractivity contribution in [3.8, 4) is 0 Å². The zero-order chi connectivity index (χ0) is 19.6. The normalized spacial score (nSPS) is 11.7. The summed E-state index contributed by atoms with van der Waals surface area (Å²) >= 11 is 1.50. The summed E-state index contributed by atoms with van der Waals surface area (Å²) in [6.45, 7) is 6.89. The van der Waals surface area contributed by atoms with Crippen LogP contribution in [-0.4, -0.2) is 35.1 Å². The number of hydrogen-bond donors (Lipinski definition) is 1. The monoisotopic (exact) mass is 384 g/mol. The van der Waals surface area contributed by atoms with E-state index in [2.05, 4.69) is 5.32 Å². The lowest BCUT2D eigenvalue weighted by Crippen LogP contribution is -2.48. The van der Waals surface area contributed by atoms with Crippen molar-refractivity contribution >= 4 is 23.6 Å². The summed E-state index contributed by atoms with van der Waals surface area (Å²) in [6.07, 6.45) is 0.869. The molecule has 0 aliphatic rings. The van der Waals surface area contributed by atoms with Crippen molar-refractivity contribution in [2.45, 2.75) is 44.7 Å². The third-order valence-electron chi connectivity index (χ3n) is 4.30. The van der Waals surface area contributed by atoms with E-state index in [1.807, 2.05) is 68.4 Å². The van der Waals surface area contributed by atoms with Crippen molar-refractivity contribution in [1.82, 2.24) is 10.2 Å². The van der Waals surface area contributed by atoms with E-state index in [-0.39, 0.29) is 11.8 Å². The number of carbonyl (C=O) groups is 2. The topological polar surface area (TPSA) is 49.4 Å². The molecule has 0 heterocycles. The molecule has 0 unspecified atom stereocenters. The van der Waals surface area contributed by atoms with Crippen LogP contribution >= 0.6 is 11.8 Å². The number of aryl methyl sites for hydroxylation is 1. The average Bonchev–Trinajstić information content (AvgIpc) is 2.69. The number of rotatable bonds is 9. The highest BCUT2D eigenvalue weighted by atomic mass is 32.2. The lowest BCUT2D eigenvalue weighted by Gasteiger charge is -2.28. The third-order valence-corrected chi connectivity index (χ3v) is 5.29. The lowest BCUT2D eigenvalue weighted by atomic mass is 10.1. The van der Waals surface area contributed by atoms with Gasteiger partial charge in [-0.3, -0.25) is 9.59 Å². The molecule has 5 heteroatoms. The van der Waals surface area contributed by atoms with Gasteiger partial charge >= 0.3 is 0 Å². The molecule has 0 saturated heterocycles. The Kier molecular flexibility index (Phi) is 8.40. The zero-order valence-corrected chi connectivity index (χ0v) is 17.1. The Morgan fingerprint density at radius 3 is 2.37 bits per heavy atom. The number of benzene rings is 2. The second-order valence-corrected chi connectivity index (χ2v) is 7.62. The molecule has 4 nitrogen and oxygen atoms in total. The first-order valence-electron chi connectivity index (χ1n) is 9.31. The summed E-state index contributed by atoms with van der Waals surface area (Å²) in [5.74, 6) is 0.159. The molecule has 2 amide bonds. The van der Waals surface area contributed by atoms with Gasteiger partial charge in [0.25, 0.3) is 0 Å². The van der Waals surface area contributed by atoms with Crippen molar-refractivity contribution in [2.75, 3.05) is 12.3 Å². The van der Waals surface area contributed by atoms with Gasteiger partial charge < -0.3 is 10.2 Å². The molecule has 1 N–H and O–H groups in total. The number of nitrogens with one attached hydrogen (secondary N) is 1. The molecule has 2 aromatic carbocycles. The van der Waals surface area contributed by atoms with Crippen LogP contribution in [0.3, 0.4) is 0 Å². The molecule has 0 fully saturated rings. The Bertz CT molecular complexity index is 732. The molecule has 0 spiro atoms. The van der Waals surface area contributed by atoms with Gasteiger partial charge in [-0.05, 0) is 38.0 Å². The predicted octanol–water partition coefficient (Wildman–Crippen LogP) is 4.03. The predicted molar refractivity (Wildman–Crippen MR) is 112 cm³/mol. The second kappa shape index (κ2) is 10.8. The maximum Gasteiger partial charge on any atom is 0.242 e. The van der Waals surface area contributed by atoms with Crippen LogP contribution in [0.25, 0.3) is 0 Å². The first-order valence-corrected chi connectivity index (χ1v) is 10.3. The van der Waals surface area contributed by atoms with Gasteiger partial charge in [-0.15, -0.1) is 11.8 Å². The highest BCUT2D eigenvalue weighted by molar-refractivity contribution is 8.00. The van der Waals surface area contributed by atoms with E-state index in [1.54, 1.807) is 11.8 Å². The van der Waals surface area contributed by atoms with Gasteiger partial charge in [0.15, 0.2) is 0 Å². The van der Waals surface area contributed by atoms with Crippen molar-refractivity contribution in [1.29, 1.82) is 0 Å². The molecule has 27 heavy (non-hydrogen) atoms. The standard InChI is InChI=1S/C22H28N2O2S/c1-4-14-23-22(26)18(3)24(15-19-8-6-5-7-9-19)21(25)16-27-20-12-10-17(2)11-13-20/h5-13,18H,4,14-16H2,1-3H3,(H,23,26)/t18-/m0/s1. The Labute approximate surface area is 166 Å². The minimum atomic E-state index is -0.511. The van der Waals surface area contributed by atoms with E-state index in [0.29, 0.717) is 18.8 Å². The maximum absolute atomic E-state index is 12.9. The fraction of sp³-hybridized carbons (Fsp3) is 0.364. The van der Waals surface area contributed by atoms with Gasteiger partial charge in [-0.2, -0.15) is 0 Å². The molecule has 2 aromatic rings. The number of carbonyl (C=O) groups excluding carboxylic acids is 2. The summed E-state index contributed by atoms with van der Waals surface area (Å²) in [7, 11) is 0. The van der Waals surface area contributed by atoms with E-state index in [0.717, 1.165) is 16.9 Å². The summed E-state index contributed by atoms with van der Waals surface area (Å²) < 4.78 is 0. The first-order chi connectivity index (χ1) is 13.0. The van der Waals surface area contributed by atoms with Gasteiger partial charge in [0.1, 0.15) is 6.04 Å². The van der Waals surface area contributed by atoms with Gasteiger partial charge in [0.2, 0.25) is 11.8 Å². The van der Waals surface area contributed by atoms with Gasteiger partial charge in [-0.25, -0.2) is 0 Å². The molecule has 0 aliphatic carbocycles. The molecule has 1 atom stereocenters. The molecule has 0 radical (unpaired) electrons. The van der Waals surface area contributed by atoms with Gasteiger partial charge in [-0.1, -0.05) is 55.0 Å². The lowest BCUT2D eigenvalue weighted by molar-refractivity contribution is -0.138. The summed E-state index contributed by atoms with van der Waals surface area (Å²) in [5.41, 5.74) is 2.21. The summed E-state index contributed by atoms with van der Waals surface area (Å²) in [6, 6.07) is 17.4. The first kappa shape index (κ1) is 21.0. The van der Waals surface area contributed by atoms with E-state index in [4.69, 9.17) is 0 Å². The van der Waals surface area contributed by atoms with Crippen molar-refractivity contribution in [3.05, 3.63) is 65.7 Å². The Balaban J connectivity index is 2.08. The number of thioether (sulfide) groups is 1. The van der Waals surface area contributed by atoms with Gasteiger partial charge in [0.05, 0.1) is 5.75 Å². The quantitative estimate of drug-likeness (QED) is 0.664. The molecule has 0 saturated carbocycles.